The van der Waals surface area contributed by atoms with E-state index in [1.165, 1.54) is 31.8 Å². The molecule has 9 rings (SSSR count). The topological polar surface area (TPSA) is 56.5 Å². The second-order valence-electron chi connectivity index (χ2n) is 14.0. The Bertz CT molecular complexity index is 2040. The summed E-state index contributed by atoms with van der Waals surface area (Å²) in [6.45, 7) is 2.00. The van der Waals surface area contributed by atoms with Gasteiger partial charge in [0.25, 0.3) is 0 Å². The van der Waals surface area contributed by atoms with Crippen molar-refractivity contribution in [2.45, 2.75) is 19.3 Å². The molecule has 0 N–H and O–H groups in total. The maximum Gasteiger partial charge on any atom is 0.106 e. The van der Waals surface area contributed by atoms with E-state index >= 15 is 0 Å². The van der Waals surface area contributed by atoms with Gasteiger partial charge < -0.3 is 18.0 Å². The number of aryl methyl sites for hydroxylation is 3. The van der Waals surface area contributed by atoms with Crippen molar-refractivity contribution >= 4 is 62.4 Å². The van der Waals surface area contributed by atoms with E-state index in [9.17, 15) is 0 Å². The Balaban J connectivity index is 0.000000173. The van der Waals surface area contributed by atoms with Gasteiger partial charge in [0, 0.05) is 38.7 Å². The number of benzene rings is 6. The monoisotopic (exact) mass is 973 g/mol. The molecule has 0 aliphatic heterocycles. The van der Waals surface area contributed by atoms with Gasteiger partial charge in [0.2, 0.25) is 0 Å². The van der Waals surface area contributed by atoms with Gasteiger partial charge in [-0.2, -0.15) is 0 Å². The van der Waals surface area contributed by atoms with Gasteiger partial charge >= 0.3 is 0 Å². The van der Waals surface area contributed by atoms with Crippen molar-refractivity contribution < 1.29 is 37.5 Å². The maximum atomic E-state index is 8.00. The molecule has 4 nitrogen and oxygen atoms in total. The summed E-state index contributed by atoms with van der Waals surface area (Å²) in [7, 11) is -0.947. The van der Waals surface area contributed by atoms with Crippen molar-refractivity contribution in [2.24, 2.45) is 0 Å². The van der Waals surface area contributed by atoms with E-state index in [0.717, 1.165) is 55.0 Å². The second-order valence-corrected chi connectivity index (χ2v) is 21.0. The van der Waals surface area contributed by atoms with E-state index in [1.54, 1.807) is 18.8 Å². The number of rotatable bonds is 15. The normalized spacial score (nSPS) is 10.4. The van der Waals surface area contributed by atoms with Gasteiger partial charge in [-0.15, -0.1) is 0 Å². The molecule has 6 aromatic carbocycles. The first-order valence-corrected chi connectivity index (χ1v) is 25.4. The van der Waals surface area contributed by atoms with Crippen LogP contribution in [0.15, 0.2) is 250 Å². The van der Waals surface area contributed by atoms with Crippen molar-refractivity contribution in [3.05, 3.63) is 254 Å². The molecule has 8 heteroatoms. The zero-order chi connectivity index (χ0) is 42.9. The second kappa shape index (κ2) is 28.4. The molecule has 0 unspecified atom stereocenters. The first-order valence-electron chi connectivity index (χ1n) is 20.8. The Kier molecular flexibility index (Phi) is 22.0. The number of furan rings is 3. The quantitative estimate of drug-likeness (QED) is 0.0759. The molecule has 0 fully saturated rings. The van der Waals surface area contributed by atoms with Crippen LogP contribution in [-0.4, -0.2) is 25.3 Å². The Morgan fingerprint density at radius 3 is 0.635 bits per heavy atom. The maximum absolute atomic E-state index is 8.00. The number of carbonyl (C=O) groups excluding carboxylic acids is 1. The van der Waals surface area contributed by atoms with E-state index in [4.69, 9.17) is 18.0 Å². The molecule has 9 aromatic rings. The largest absolute Gasteiger partial charge is 0.469 e. The van der Waals surface area contributed by atoms with E-state index in [2.05, 4.69) is 200 Å². The van der Waals surface area contributed by atoms with Gasteiger partial charge in [0.05, 0.1) is 18.8 Å². The van der Waals surface area contributed by atoms with Crippen LogP contribution in [0.3, 0.4) is 0 Å². The minimum atomic E-state index is -0.316. The molecular formula is C55H53O4P3Rh. The molecule has 63 heavy (non-hydrogen) atoms. The minimum absolute atomic E-state index is 0. The molecule has 0 atom stereocenters. The molecule has 0 saturated carbocycles. The van der Waals surface area contributed by atoms with Crippen LogP contribution < -0.4 is 31.8 Å². The summed E-state index contributed by atoms with van der Waals surface area (Å²) in [6, 6.07) is 76.9. The molecule has 0 aliphatic rings. The van der Waals surface area contributed by atoms with Crippen molar-refractivity contribution in [1.29, 1.82) is 0 Å². The van der Waals surface area contributed by atoms with Gasteiger partial charge in [-0.05, 0) is 110 Å². The van der Waals surface area contributed by atoms with Gasteiger partial charge in [0.15, 0.2) is 0 Å². The fourth-order valence-electron chi connectivity index (χ4n) is 6.90. The van der Waals surface area contributed by atoms with Crippen molar-refractivity contribution in [3.63, 3.8) is 0 Å². The molecule has 3 aromatic heterocycles. The van der Waals surface area contributed by atoms with E-state index < -0.39 is 0 Å². The number of hydrogen-bond acceptors (Lipinski definition) is 4. The van der Waals surface area contributed by atoms with E-state index in [0.29, 0.717) is 0 Å². The summed E-state index contributed by atoms with van der Waals surface area (Å²) >= 11 is 0. The standard InChI is InChI=1S/3C18H17OP.CH2O.Rh/c3*1-3-9-17(10-4-1)20(18-11-5-2-6-12-18)15-13-16-8-7-14-19-16;1-2;/h3*1-12,14H,13,15H2;1H2;. The van der Waals surface area contributed by atoms with Gasteiger partial charge in [-0.3, -0.25) is 0 Å². The fourth-order valence-corrected chi connectivity index (χ4v) is 13.9. The van der Waals surface area contributed by atoms with Crippen LogP contribution in [0, 0.1) is 0 Å². The smallest absolute Gasteiger partial charge is 0.106 e. The van der Waals surface area contributed by atoms with Gasteiger partial charge in [0.1, 0.15) is 24.1 Å². The number of carbonyl (C=O) groups is 1. The summed E-state index contributed by atoms with van der Waals surface area (Å²) in [6.07, 6.45) is 11.6. The molecule has 0 amide bonds. The molecule has 0 saturated heterocycles. The van der Waals surface area contributed by atoms with Crippen molar-refractivity contribution in [1.82, 2.24) is 0 Å². The van der Waals surface area contributed by atoms with Gasteiger partial charge in [-0.25, -0.2) is 0 Å². The Labute approximate surface area is 389 Å². The zero-order valence-electron chi connectivity index (χ0n) is 35.3. The number of hydrogen-bond donors (Lipinski definition) is 0. The molecule has 0 aliphatic carbocycles. The van der Waals surface area contributed by atoms with Crippen LogP contribution >= 0.6 is 23.8 Å². The molecular weight excluding hydrogens is 920 g/mol. The van der Waals surface area contributed by atoms with Crippen LogP contribution in [0.5, 0.6) is 0 Å². The van der Waals surface area contributed by atoms with Crippen LogP contribution in [0.1, 0.15) is 17.3 Å². The molecule has 0 bridgehead atoms. The zero-order valence-corrected chi connectivity index (χ0v) is 39.6. The average molecular weight is 974 g/mol. The SMILES string of the molecule is C=O.[Rh].c1ccc(P(CCc2ccco2)c2ccccc2)cc1.c1ccc(P(CCc2ccco2)c2ccccc2)cc1.c1ccc(P(CCc2ccco2)c2ccccc2)cc1. The average Bonchev–Trinajstić information content (AvgIpc) is 4.19. The molecule has 0 spiro atoms. The van der Waals surface area contributed by atoms with Crippen molar-refractivity contribution in [3.8, 4) is 0 Å². The summed E-state index contributed by atoms with van der Waals surface area (Å²) in [5.74, 6) is 3.22. The van der Waals surface area contributed by atoms with Gasteiger partial charge in [-0.1, -0.05) is 182 Å². The van der Waals surface area contributed by atoms with Crippen LogP contribution in [0.4, 0.5) is 0 Å². The summed E-state index contributed by atoms with van der Waals surface area (Å²) in [4.78, 5) is 8.00. The first-order chi connectivity index (χ1) is 30.8. The minimum Gasteiger partial charge on any atom is -0.469 e. The molecule has 1 radical (unpaired) electrons. The Hall–Kier alpha value is -5.26. The third-order valence-corrected chi connectivity index (χ3v) is 17.4. The summed E-state index contributed by atoms with van der Waals surface area (Å²) < 4.78 is 16.4. The fraction of sp³-hybridized carbons (Fsp3) is 0.109. The van der Waals surface area contributed by atoms with Crippen LogP contribution in [0.25, 0.3) is 0 Å². The Morgan fingerprint density at radius 1 is 0.286 bits per heavy atom. The summed E-state index contributed by atoms with van der Waals surface area (Å²) in [5.41, 5.74) is 0. The van der Waals surface area contributed by atoms with Crippen LogP contribution in [0.2, 0.25) is 0 Å². The third kappa shape index (κ3) is 16.1. The first kappa shape index (κ1) is 48.8. The predicted molar refractivity (Wildman–Crippen MR) is 266 cm³/mol. The van der Waals surface area contributed by atoms with E-state index in [1.807, 2.05) is 25.0 Å². The van der Waals surface area contributed by atoms with Crippen LogP contribution in [-0.2, 0) is 43.5 Å². The molecule has 3 heterocycles. The summed E-state index contributed by atoms with van der Waals surface area (Å²) in [5, 5.41) is 8.58. The Morgan fingerprint density at radius 2 is 0.476 bits per heavy atom. The third-order valence-electron chi connectivity index (χ3n) is 9.89. The molecule has 321 valence electrons. The predicted octanol–water partition coefficient (Wildman–Crippen LogP) is 11.7. The van der Waals surface area contributed by atoms with E-state index in [-0.39, 0.29) is 43.2 Å². The van der Waals surface area contributed by atoms with Crippen molar-refractivity contribution in [2.75, 3.05) is 18.5 Å².